The summed E-state index contributed by atoms with van der Waals surface area (Å²) in [5, 5.41) is 8.99. The third-order valence-electron chi connectivity index (χ3n) is 1.06. The lowest BCUT2D eigenvalue weighted by Gasteiger charge is -2.07. The van der Waals surface area contributed by atoms with Crippen LogP contribution in [0.3, 0.4) is 0 Å². The Morgan fingerprint density at radius 2 is 2.18 bits per heavy atom. The predicted octanol–water partition coefficient (Wildman–Crippen LogP) is -0.0212. The quantitative estimate of drug-likeness (QED) is 0.621. The molecule has 5 heteroatoms. The summed E-state index contributed by atoms with van der Waals surface area (Å²) >= 11 is 0. The molecule has 0 fully saturated rings. The molecule has 0 spiro atoms. The van der Waals surface area contributed by atoms with Crippen LogP contribution < -0.4 is 4.74 Å². The molecule has 1 atom stereocenters. The summed E-state index contributed by atoms with van der Waals surface area (Å²) in [5.41, 5.74) is 0. The lowest BCUT2D eigenvalue weighted by Crippen LogP contribution is -2.15. The number of rotatable bonds is 3. The largest absolute Gasteiger partial charge is 0.434 e. The van der Waals surface area contributed by atoms with Crippen LogP contribution in [0.15, 0.2) is 12.7 Å². The molecule has 11 heavy (non-hydrogen) atoms. The first-order valence-electron chi connectivity index (χ1n) is 3.29. The fraction of sp³-hybridized carbons (Fsp3) is 0.500. The van der Waals surface area contributed by atoms with Crippen LogP contribution in [0.1, 0.15) is 13.3 Å². The Balaban J connectivity index is 2.51. The zero-order valence-corrected chi connectivity index (χ0v) is 6.14. The normalized spacial score (nSPS) is 12.5. The lowest BCUT2D eigenvalue weighted by atomic mass is 10.5. The van der Waals surface area contributed by atoms with Crippen molar-refractivity contribution in [3.63, 3.8) is 0 Å². The predicted molar refractivity (Wildman–Crippen MR) is 36.8 cm³/mol. The number of aliphatic hydroxyl groups is 1. The summed E-state index contributed by atoms with van der Waals surface area (Å²) in [7, 11) is 0. The Morgan fingerprint density at radius 3 is 2.73 bits per heavy atom. The van der Waals surface area contributed by atoms with E-state index in [4.69, 9.17) is 9.84 Å². The lowest BCUT2D eigenvalue weighted by molar-refractivity contribution is -0.0258. The van der Waals surface area contributed by atoms with E-state index in [1.54, 1.807) is 6.92 Å². The van der Waals surface area contributed by atoms with Gasteiger partial charge in [0.15, 0.2) is 0 Å². The number of ether oxygens (including phenoxy) is 1. The first kappa shape index (κ1) is 7.87. The molecule has 1 aromatic rings. The van der Waals surface area contributed by atoms with Gasteiger partial charge in [0.1, 0.15) is 12.7 Å². The molecule has 0 saturated carbocycles. The summed E-state index contributed by atoms with van der Waals surface area (Å²) in [5.74, 6) is 0. The highest BCUT2D eigenvalue weighted by Gasteiger charge is 2.02. The summed E-state index contributed by atoms with van der Waals surface area (Å²) in [6, 6.07) is 0.148. The van der Waals surface area contributed by atoms with Crippen LogP contribution in [0.4, 0.5) is 0 Å². The highest BCUT2D eigenvalue weighted by atomic mass is 16.6. The van der Waals surface area contributed by atoms with E-state index in [9.17, 15) is 0 Å². The van der Waals surface area contributed by atoms with Gasteiger partial charge in [-0.2, -0.15) is 9.97 Å². The summed E-state index contributed by atoms with van der Waals surface area (Å²) in [4.78, 5) is 10.9. The van der Waals surface area contributed by atoms with Crippen LogP contribution in [-0.2, 0) is 0 Å². The molecule has 0 aromatic carbocycles. The fourth-order valence-electron chi connectivity index (χ4n) is 0.494. The highest BCUT2D eigenvalue weighted by molar-refractivity contribution is 4.86. The van der Waals surface area contributed by atoms with Crippen molar-refractivity contribution in [3.8, 4) is 6.01 Å². The van der Waals surface area contributed by atoms with E-state index in [1.165, 1.54) is 12.7 Å². The Bertz CT molecular complexity index is 204. The van der Waals surface area contributed by atoms with Crippen LogP contribution >= 0.6 is 0 Å². The molecule has 5 nitrogen and oxygen atoms in total. The van der Waals surface area contributed by atoms with Crippen molar-refractivity contribution in [1.29, 1.82) is 0 Å². The Labute approximate surface area is 64.1 Å². The van der Waals surface area contributed by atoms with Crippen LogP contribution in [0.5, 0.6) is 6.01 Å². The zero-order chi connectivity index (χ0) is 8.10. The molecule has 0 radical (unpaired) electrons. The van der Waals surface area contributed by atoms with Gasteiger partial charge in [-0.25, -0.2) is 4.98 Å². The van der Waals surface area contributed by atoms with E-state index in [-0.39, 0.29) is 6.01 Å². The third-order valence-corrected chi connectivity index (χ3v) is 1.06. The molecule has 60 valence electrons. The molecule has 1 heterocycles. The Kier molecular flexibility index (Phi) is 2.74. The van der Waals surface area contributed by atoms with E-state index >= 15 is 0 Å². The van der Waals surface area contributed by atoms with Crippen LogP contribution in [-0.4, -0.2) is 26.3 Å². The van der Waals surface area contributed by atoms with Gasteiger partial charge in [0.2, 0.25) is 6.29 Å². The SMILES string of the molecule is CCC(O)Oc1ncncn1. The van der Waals surface area contributed by atoms with Gasteiger partial charge in [0, 0.05) is 6.42 Å². The molecule has 0 amide bonds. The number of aliphatic hydroxyl groups excluding tert-OH is 1. The average Bonchev–Trinajstić information content (AvgIpc) is 2.06. The zero-order valence-electron chi connectivity index (χ0n) is 6.14. The van der Waals surface area contributed by atoms with Crippen LogP contribution in [0.2, 0.25) is 0 Å². The molecule has 1 aromatic heterocycles. The van der Waals surface area contributed by atoms with Crippen molar-refractivity contribution in [2.24, 2.45) is 0 Å². The van der Waals surface area contributed by atoms with Gasteiger partial charge in [-0.15, -0.1) is 0 Å². The van der Waals surface area contributed by atoms with Gasteiger partial charge in [-0.3, -0.25) is 0 Å². The maximum absolute atomic E-state index is 8.99. The van der Waals surface area contributed by atoms with E-state index in [0.29, 0.717) is 6.42 Å². The van der Waals surface area contributed by atoms with E-state index < -0.39 is 6.29 Å². The number of hydrogen-bond donors (Lipinski definition) is 1. The number of nitrogens with zero attached hydrogens (tertiary/aromatic N) is 3. The summed E-state index contributed by atoms with van der Waals surface area (Å²) in [6.07, 6.45) is 2.29. The second kappa shape index (κ2) is 3.82. The van der Waals surface area contributed by atoms with Gasteiger partial charge < -0.3 is 9.84 Å². The highest BCUT2D eigenvalue weighted by Crippen LogP contribution is 2.00. The van der Waals surface area contributed by atoms with Crippen LogP contribution in [0, 0.1) is 0 Å². The minimum atomic E-state index is -0.836. The first-order chi connectivity index (χ1) is 5.33. The molecule has 1 rings (SSSR count). The van der Waals surface area contributed by atoms with Crippen molar-refractivity contribution in [2.75, 3.05) is 0 Å². The van der Waals surface area contributed by atoms with E-state index in [0.717, 1.165) is 0 Å². The van der Waals surface area contributed by atoms with Crippen molar-refractivity contribution < 1.29 is 9.84 Å². The molecular formula is C6H9N3O2. The molecule has 0 aliphatic carbocycles. The molecule has 0 aliphatic heterocycles. The first-order valence-corrected chi connectivity index (χ1v) is 3.29. The maximum atomic E-state index is 8.99. The second-order valence-electron chi connectivity index (χ2n) is 1.90. The standard InChI is InChI=1S/C6H9N3O2/c1-2-5(10)11-6-8-3-7-4-9-6/h3-5,10H,2H2,1H3. The van der Waals surface area contributed by atoms with Crippen molar-refractivity contribution in [2.45, 2.75) is 19.6 Å². The molecule has 1 unspecified atom stereocenters. The average molecular weight is 155 g/mol. The van der Waals surface area contributed by atoms with Gasteiger partial charge in [0.05, 0.1) is 0 Å². The number of aromatic nitrogens is 3. The molecular weight excluding hydrogens is 146 g/mol. The molecule has 0 aliphatic rings. The Hall–Kier alpha value is -1.23. The Morgan fingerprint density at radius 1 is 1.55 bits per heavy atom. The molecule has 0 bridgehead atoms. The molecule has 0 saturated heterocycles. The van der Waals surface area contributed by atoms with Crippen molar-refractivity contribution >= 4 is 0 Å². The van der Waals surface area contributed by atoms with Gasteiger partial charge in [-0.1, -0.05) is 6.92 Å². The smallest absolute Gasteiger partial charge is 0.321 e. The monoisotopic (exact) mass is 155 g/mol. The van der Waals surface area contributed by atoms with Crippen molar-refractivity contribution in [1.82, 2.24) is 15.0 Å². The second-order valence-corrected chi connectivity index (χ2v) is 1.90. The van der Waals surface area contributed by atoms with Crippen molar-refractivity contribution in [3.05, 3.63) is 12.7 Å². The fourth-order valence-corrected chi connectivity index (χ4v) is 0.494. The molecule has 1 N–H and O–H groups in total. The van der Waals surface area contributed by atoms with Crippen LogP contribution in [0.25, 0.3) is 0 Å². The van der Waals surface area contributed by atoms with Gasteiger partial charge in [0.25, 0.3) is 0 Å². The topological polar surface area (TPSA) is 68.1 Å². The summed E-state index contributed by atoms with van der Waals surface area (Å²) in [6.45, 7) is 1.80. The minimum Gasteiger partial charge on any atom is -0.434 e. The van der Waals surface area contributed by atoms with E-state index in [1.807, 2.05) is 0 Å². The van der Waals surface area contributed by atoms with Gasteiger partial charge in [-0.05, 0) is 0 Å². The number of hydrogen-bond acceptors (Lipinski definition) is 5. The third kappa shape index (κ3) is 2.46. The summed E-state index contributed by atoms with van der Waals surface area (Å²) < 4.78 is 4.86. The van der Waals surface area contributed by atoms with E-state index in [2.05, 4.69) is 15.0 Å². The maximum Gasteiger partial charge on any atom is 0.321 e. The van der Waals surface area contributed by atoms with Gasteiger partial charge >= 0.3 is 6.01 Å². The minimum absolute atomic E-state index is 0.148.